The molecule has 4 aromatic rings. The van der Waals surface area contributed by atoms with Crippen LogP contribution >= 0.6 is 25.8 Å². The number of thiol groups is 1. The average molecular weight is 718 g/mol. The Balaban J connectivity index is 1.16. The largest absolute Gasteiger partial charge is 0.385 e. The molecule has 0 bridgehead atoms. The van der Waals surface area contributed by atoms with E-state index in [4.69, 9.17) is 46.3 Å². The Hall–Kier alpha value is -3.24. The maximum atomic E-state index is 12.6. The third-order valence-electron chi connectivity index (χ3n) is 7.21. The first-order chi connectivity index (χ1) is 21.8. The van der Waals surface area contributed by atoms with Crippen molar-refractivity contribution in [3.8, 4) is 0 Å². The second-order valence-corrected chi connectivity index (χ2v) is 15.6. The molecule has 46 heavy (non-hydrogen) atoms. The number of nitrogen functional groups attached to an aromatic ring is 2. The number of nitrogens with two attached hydrogens (primary N) is 2. The zero-order chi connectivity index (χ0) is 32.8. The molecule has 6 rings (SSSR count). The molecule has 2 aliphatic heterocycles. The molecule has 0 spiro atoms. The third kappa shape index (κ3) is 6.61. The fourth-order valence-electron chi connectivity index (χ4n) is 5.24. The number of ether oxygens (including phenoxy) is 2. The van der Waals surface area contributed by atoms with Crippen LogP contribution in [0.5, 0.6) is 0 Å². The van der Waals surface area contributed by atoms with Crippen molar-refractivity contribution in [2.75, 3.05) is 24.7 Å². The number of aromatic amines is 1. The normalized spacial score (nSPS) is 27.5. The number of hydrogen-bond acceptors (Lipinski definition) is 16. The molecule has 7 N–H and O–H groups in total. The minimum absolute atomic E-state index is 0.0757. The lowest BCUT2D eigenvalue weighted by molar-refractivity contribution is -0.105. The summed E-state index contributed by atoms with van der Waals surface area (Å²) in [4.78, 5) is 58.9. The quantitative estimate of drug-likeness (QED) is 0.0418. The van der Waals surface area contributed by atoms with Crippen LogP contribution < -0.4 is 17.2 Å². The van der Waals surface area contributed by atoms with Crippen LogP contribution in [-0.2, 0) is 39.4 Å². The highest BCUT2D eigenvalue weighted by Crippen LogP contribution is 2.53. The standard InChI is InChI=1S/C20H25N13O9P2S2/c21-14-12-16(26-5-24-14)32(7-28-12)18-9(11(30-31-23)19(41-18)42-43(35,36)45)4-39-44(37,46)38-3-8-1-2-10(40-8)33-17-13(29-20(33)34)15(22)25-6-27-17/h5-11,18-19H,1-4H2,(H,29,34)(H,37,46)(H2,21,24,26)(H2,22,25,27)(H2,35,36,45)/t8-,9?,10+,11?,18+,19+,44?/m0/s1. The lowest BCUT2D eigenvalue weighted by Gasteiger charge is -2.24. The molecule has 26 heteroatoms. The number of rotatable bonds is 11. The summed E-state index contributed by atoms with van der Waals surface area (Å²) in [6.45, 7) is -9.05. The van der Waals surface area contributed by atoms with Gasteiger partial charge in [0.05, 0.1) is 31.7 Å². The van der Waals surface area contributed by atoms with E-state index in [0.717, 1.165) is 0 Å². The van der Waals surface area contributed by atoms with Gasteiger partial charge < -0.3 is 44.8 Å². The highest BCUT2D eigenvalue weighted by Gasteiger charge is 2.49. The molecule has 8 atom stereocenters. The van der Waals surface area contributed by atoms with Gasteiger partial charge in [0.25, 0.3) is 0 Å². The summed E-state index contributed by atoms with van der Waals surface area (Å²) in [6, 6.07) is -1.28. The van der Waals surface area contributed by atoms with Crippen LogP contribution in [-0.4, -0.2) is 80.5 Å². The first kappa shape index (κ1) is 32.7. The predicted molar refractivity (Wildman–Crippen MR) is 164 cm³/mol. The van der Waals surface area contributed by atoms with Gasteiger partial charge >= 0.3 is 19.2 Å². The molecule has 6 heterocycles. The van der Waals surface area contributed by atoms with Crippen molar-refractivity contribution >= 4 is 71.5 Å². The van der Waals surface area contributed by atoms with E-state index in [1.807, 2.05) is 0 Å². The molecule has 2 aliphatic rings. The highest BCUT2D eigenvalue weighted by molar-refractivity contribution is 8.44. The third-order valence-corrected chi connectivity index (χ3v) is 9.56. The van der Waals surface area contributed by atoms with E-state index in [9.17, 15) is 24.7 Å². The number of aromatic nitrogens is 8. The first-order valence-electron chi connectivity index (χ1n) is 13.2. The molecule has 4 unspecified atom stereocenters. The summed E-state index contributed by atoms with van der Waals surface area (Å²) in [5.41, 5.74) is 21.5. The van der Waals surface area contributed by atoms with Crippen molar-refractivity contribution in [2.45, 2.75) is 43.7 Å². The molecule has 0 aliphatic carbocycles. The maximum absolute atomic E-state index is 12.6. The van der Waals surface area contributed by atoms with E-state index in [2.05, 4.69) is 52.2 Å². The number of nitrogens with one attached hydrogen (secondary N) is 1. The van der Waals surface area contributed by atoms with E-state index in [1.54, 1.807) is 0 Å². The van der Waals surface area contributed by atoms with Gasteiger partial charge in [-0.3, -0.25) is 9.09 Å². The minimum Gasteiger partial charge on any atom is -0.382 e. The number of azide groups is 1. The molecule has 2 saturated heterocycles. The van der Waals surface area contributed by atoms with Gasteiger partial charge in [0.2, 0.25) is 0 Å². The smallest absolute Gasteiger partial charge is 0.382 e. The summed E-state index contributed by atoms with van der Waals surface area (Å²) in [6.07, 6.45) is 0.624. The molecular weight excluding hydrogens is 692 g/mol. The SMILES string of the molecule is [N-]=[N+]=NC1C(COP(O)(=S)OC[C@@H]2CC[C@H](n3c(=O)[nH]c4c(N)ncnc43)O2)[C@H](n2cnc3c(N)ncnc32)O[C@@H]1OP(=O)(O)S. The van der Waals surface area contributed by atoms with Crippen molar-refractivity contribution in [1.29, 1.82) is 0 Å². The number of fused-ring (bicyclic) bond motifs is 2. The lowest BCUT2D eigenvalue weighted by atomic mass is 10.0. The number of anilines is 2. The average Bonchev–Trinajstić information content (AvgIpc) is 3.76. The van der Waals surface area contributed by atoms with Gasteiger partial charge in [-0.05, 0) is 30.2 Å². The zero-order valence-corrected chi connectivity index (χ0v) is 26.7. The molecule has 22 nitrogen and oxygen atoms in total. The van der Waals surface area contributed by atoms with Gasteiger partial charge in [0, 0.05) is 10.8 Å². The van der Waals surface area contributed by atoms with Crippen molar-refractivity contribution in [2.24, 2.45) is 11.0 Å². The lowest BCUT2D eigenvalue weighted by Crippen LogP contribution is -2.29. The van der Waals surface area contributed by atoms with E-state index in [0.29, 0.717) is 12.8 Å². The maximum Gasteiger partial charge on any atom is 0.385 e. The Bertz CT molecular complexity index is 1980. The molecule has 0 aromatic carbocycles. The van der Waals surface area contributed by atoms with Crippen LogP contribution in [0.4, 0.5) is 11.6 Å². The van der Waals surface area contributed by atoms with E-state index in [1.165, 1.54) is 28.1 Å². The van der Waals surface area contributed by atoms with Crippen molar-refractivity contribution < 1.29 is 37.4 Å². The van der Waals surface area contributed by atoms with Crippen LogP contribution in [0.25, 0.3) is 32.8 Å². The van der Waals surface area contributed by atoms with Gasteiger partial charge in [-0.15, -0.1) is 0 Å². The molecule has 4 aromatic heterocycles. The van der Waals surface area contributed by atoms with E-state index < -0.39 is 62.6 Å². The monoisotopic (exact) mass is 717 g/mol. The predicted octanol–water partition coefficient (Wildman–Crippen LogP) is 1.25. The Labute approximate surface area is 267 Å². The molecule has 246 valence electrons. The van der Waals surface area contributed by atoms with E-state index in [-0.39, 0.29) is 40.6 Å². The summed E-state index contributed by atoms with van der Waals surface area (Å²) in [7, 11) is 0. The van der Waals surface area contributed by atoms with Crippen LogP contribution in [0, 0.1) is 5.92 Å². The molecule has 2 fully saturated rings. The Morgan fingerprint density at radius 2 is 1.85 bits per heavy atom. The van der Waals surface area contributed by atoms with Crippen molar-refractivity contribution in [3.05, 3.63) is 39.9 Å². The van der Waals surface area contributed by atoms with Crippen molar-refractivity contribution in [3.63, 3.8) is 0 Å². The molecular formula is C20H25N13O9P2S2. The fraction of sp³-hybridized carbons (Fsp3) is 0.500. The Kier molecular flexibility index (Phi) is 9.06. The topological polar surface area (TPSA) is 312 Å². The number of hydrogen-bond donors (Lipinski definition) is 6. The van der Waals surface area contributed by atoms with Crippen LogP contribution in [0.2, 0.25) is 0 Å². The Morgan fingerprint density at radius 1 is 1.13 bits per heavy atom. The van der Waals surface area contributed by atoms with Gasteiger partial charge in [0.1, 0.15) is 36.1 Å². The minimum atomic E-state index is -4.44. The van der Waals surface area contributed by atoms with Crippen LogP contribution in [0.1, 0.15) is 25.3 Å². The van der Waals surface area contributed by atoms with Gasteiger partial charge in [-0.1, -0.05) is 17.4 Å². The number of H-pyrrole nitrogens is 1. The summed E-state index contributed by atoms with van der Waals surface area (Å²) >= 11 is 8.76. The first-order valence-corrected chi connectivity index (χ1v) is 18.5. The summed E-state index contributed by atoms with van der Waals surface area (Å²) < 4.78 is 42.8. The Morgan fingerprint density at radius 3 is 2.59 bits per heavy atom. The second-order valence-electron chi connectivity index (χ2n) is 10.0. The van der Waals surface area contributed by atoms with Crippen molar-refractivity contribution in [1.82, 2.24) is 39.0 Å². The van der Waals surface area contributed by atoms with E-state index >= 15 is 0 Å². The van der Waals surface area contributed by atoms with Gasteiger partial charge in [-0.2, -0.15) is 0 Å². The summed E-state index contributed by atoms with van der Waals surface area (Å²) in [5, 5.41) is 3.69. The number of imidazole rings is 2. The fourth-order valence-corrected chi connectivity index (χ4v) is 7.12. The molecule has 0 amide bonds. The van der Waals surface area contributed by atoms with Crippen LogP contribution in [0.15, 0.2) is 28.9 Å². The zero-order valence-electron chi connectivity index (χ0n) is 23.2. The molecule has 0 saturated carbocycles. The number of nitrogens with zero attached hydrogens (tertiary/aromatic N) is 10. The summed E-state index contributed by atoms with van der Waals surface area (Å²) in [5.74, 6) is -0.809. The van der Waals surface area contributed by atoms with Gasteiger partial charge in [-0.25, -0.2) is 38.8 Å². The van der Waals surface area contributed by atoms with Crippen LogP contribution in [0.3, 0.4) is 0 Å². The van der Waals surface area contributed by atoms with Gasteiger partial charge in [0.15, 0.2) is 29.2 Å². The molecule has 0 radical (unpaired) electrons. The highest BCUT2D eigenvalue weighted by atomic mass is 32.7. The second kappa shape index (κ2) is 12.8.